The summed E-state index contributed by atoms with van der Waals surface area (Å²) in [5.74, 6) is 0.153. The predicted octanol–water partition coefficient (Wildman–Crippen LogP) is -0.265. The molecule has 0 bridgehead atoms. The van der Waals surface area contributed by atoms with Crippen LogP contribution in [0.3, 0.4) is 0 Å². The maximum absolute atomic E-state index is 12.2. The fourth-order valence-corrected chi connectivity index (χ4v) is 4.62. The Morgan fingerprint density at radius 3 is 2.40 bits per heavy atom. The molecular formula is C13H20BNO4S. The van der Waals surface area contributed by atoms with Crippen LogP contribution in [-0.2, 0) is 19.1 Å². The van der Waals surface area contributed by atoms with E-state index in [-0.39, 0.29) is 5.75 Å². The lowest BCUT2D eigenvalue weighted by atomic mass is 9.66. The number of fused-ring (bicyclic) bond motifs is 1. The van der Waals surface area contributed by atoms with Crippen LogP contribution >= 0.6 is 0 Å². The van der Waals surface area contributed by atoms with Gasteiger partial charge >= 0.3 is 6.69 Å². The highest BCUT2D eigenvalue weighted by molar-refractivity contribution is 7.91. The molecule has 2 saturated heterocycles. The Balaban J connectivity index is 1.60. The van der Waals surface area contributed by atoms with E-state index >= 15 is 0 Å². The van der Waals surface area contributed by atoms with Gasteiger partial charge in [0.1, 0.15) is 0 Å². The van der Waals surface area contributed by atoms with Crippen molar-refractivity contribution in [3.05, 3.63) is 30.3 Å². The summed E-state index contributed by atoms with van der Waals surface area (Å²) in [6.45, 7) is 2.12. The van der Waals surface area contributed by atoms with Crippen molar-refractivity contribution >= 4 is 16.5 Å². The average Bonchev–Trinajstić information content (AvgIpc) is 2.99. The molecule has 110 valence electrons. The van der Waals surface area contributed by atoms with Gasteiger partial charge in [0.05, 0.1) is 37.0 Å². The minimum Gasteiger partial charge on any atom is -0.510 e. The Labute approximate surface area is 119 Å². The molecule has 0 unspecified atom stereocenters. The van der Waals surface area contributed by atoms with Crippen LogP contribution in [0, 0.1) is 0 Å². The number of nitrogens with one attached hydrogen (secondary N) is 1. The van der Waals surface area contributed by atoms with Gasteiger partial charge in [-0.2, -0.15) is 0 Å². The molecule has 1 N–H and O–H groups in total. The van der Waals surface area contributed by atoms with Gasteiger partial charge in [0.15, 0.2) is 9.84 Å². The molecule has 0 amide bonds. The van der Waals surface area contributed by atoms with Crippen LogP contribution in [0.2, 0.25) is 6.32 Å². The number of hydrogen-bond donors (Lipinski definition) is 1. The molecule has 20 heavy (non-hydrogen) atoms. The van der Waals surface area contributed by atoms with Gasteiger partial charge in [0, 0.05) is 0 Å². The largest absolute Gasteiger partial charge is 0.510 e. The number of rotatable bonds is 5. The quantitative estimate of drug-likeness (QED) is 0.761. The van der Waals surface area contributed by atoms with Gasteiger partial charge in [-0.1, -0.05) is 30.9 Å². The van der Waals surface area contributed by atoms with Gasteiger partial charge in [-0.3, -0.25) is 0 Å². The molecule has 7 heteroatoms. The minimum absolute atomic E-state index is 0.153. The average molecular weight is 297 g/mol. The minimum atomic E-state index is -3.19. The molecule has 2 heterocycles. The number of hydrogen-bond acceptors (Lipinski definition) is 4. The van der Waals surface area contributed by atoms with Crippen molar-refractivity contribution in [2.75, 3.05) is 32.1 Å². The highest BCUT2D eigenvalue weighted by Crippen LogP contribution is 2.18. The first-order valence-corrected chi connectivity index (χ1v) is 8.84. The maximum atomic E-state index is 12.2. The summed E-state index contributed by atoms with van der Waals surface area (Å²) < 4.78 is 36.0. The third kappa shape index (κ3) is 2.63. The Morgan fingerprint density at radius 2 is 1.75 bits per heavy atom. The van der Waals surface area contributed by atoms with Gasteiger partial charge < -0.3 is 14.1 Å². The van der Waals surface area contributed by atoms with E-state index in [1.54, 1.807) is 24.3 Å². The zero-order valence-electron chi connectivity index (χ0n) is 11.5. The van der Waals surface area contributed by atoms with Crippen LogP contribution in [-0.4, -0.2) is 47.2 Å². The van der Waals surface area contributed by atoms with Crippen molar-refractivity contribution in [3.63, 3.8) is 0 Å². The predicted molar refractivity (Wildman–Crippen MR) is 76.3 cm³/mol. The SMILES string of the molecule is O=S(=O)(CCC[B-]12OCC[NH+]1CCO2)c1ccccc1. The monoisotopic (exact) mass is 297 g/mol. The van der Waals surface area contributed by atoms with E-state index in [0.29, 0.717) is 17.6 Å². The van der Waals surface area contributed by atoms with Gasteiger partial charge in [0.2, 0.25) is 0 Å². The summed E-state index contributed by atoms with van der Waals surface area (Å²) >= 11 is 0. The fourth-order valence-electron chi connectivity index (χ4n) is 3.27. The highest BCUT2D eigenvalue weighted by atomic mass is 32.2. The van der Waals surface area contributed by atoms with Gasteiger partial charge in [-0.05, 0) is 12.1 Å². The molecule has 1 aromatic carbocycles. The Bertz CT molecular complexity index is 553. The first-order valence-electron chi connectivity index (χ1n) is 7.19. The zero-order chi connectivity index (χ0) is 14.1. The van der Waals surface area contributed by atoms with Gasteiger partial charge in [-0.25, -0.2) is 8.42 Å². The van der Waals surface area contributed by atoms with Crippen molar-refractivity contribution < 1.29 is 22.5 Å². The smallest absolute Gasteiger partial charge is 0.471 e. The number of benzene rings is 1. The molecule has 0 saturated carbocycles. The molecule has 2 aliphatic heterocycles. The lowest BCUT2D eigenvalue weighted by Gasteiger charge is -2.30. The Kier molecular flexibility index (Phi) is 3.86. The number of sulfone groups is 1. The first-order chi connectivity index (χ1) is 9.62. The normalized spacial score (nSPS) is 29.5. The second-order valence-electron chi connectivity index (χ2n) is 5.54. The zero-order valence-corrected chi connectivity index (χ0v) is 12.3. The second-order valence-corrected chi connectivity index (χ2v) is 7.65. The van der Waals surface area contributed by atoms with Crippen molar-refractivity contribution in [1.29, 1.82) is 0 Å². The van der Waals surface area contributed by atoms with Crippen LogP contribution in [0.4, 0.5) is 0 Å². The fraction of sp³-hybridized carbons (Fsp3) is 0.538. The molecule has 0 aromatic heterocycles. The lowest BCUT2D eigenvalue weighted by molar-refractivity contribution is -0.784. The highest BCUT2D eigenvalue weighted by Gasteiger charge is 2.48. The van der Waals surface area contributed by atoms with Crippen LogP contribution in [0.25, 0.3) is 0 Å². The topological polar surface area (TPSA) is 57.0 Å². The molecular weight excluding hydrogens is 277 g/mol. The van der Waals surface area contributed by atoms with E-state index in [0.717, 1.165) is 26.3 Å². The molecule has 3 rings (SSSR count). The summed E-state index contributed by atoms with van der Waals surface area (Å²) in [7, 11) is -3.19. The molecule has 0 radical (unpaired) electrons. The van der Waals surface area contributed by atoms with Crippen molar-refractivity contribution in [2.45, 2.75) is 17.6 Å². The van der Waals surface area contributed by atoms with E-state index in [1.165, 1.54) is 4.81 Å². The molecule has 1 aromatic rings. The third-order valence-corrected chi connectivity index (χ3v) is 6.16. The summed E-state index contributed by atoms with van der Waals surface area (Å²) in [6, 6.07) is 8.62. The van der Waals surface area contributed by atoms with E-state index in [4.69, 9.17) is 9.31 Å². The molecule has 0 spiro atoms. The first kappa shape index (κ1) is 14.1. The van der Waals surface area contributed by atoms with Crippen LogP contribution in [0.15, 0.2) is 35.2 Å². The maximum Gasteiger partial charge on any atom is 0.471 e. The van der Waals surface area contributed by atoms with Gasteiger partial charge in [0.25, 0.3) is 0 Å². The summed E-state index contributed by atoms with van der Waals surface area (Å²) in [4.78, 5) is 1.76. The molecule has 5 nitrogen and oxygen atoms in total. The second kappa shape index (κ2) is 5.48. The summed E-state index contributed by atoms with van der Waals surface area (Å²) in [5.41, 5.74) is 0. The third-order valence-electron chi connectivity index (χ3n) is 4.34. The Hall–Kier alpha value is -0.885. The Morgan fingerprint density at radius 1 is 1.10 bits per heavy atom. The van der Waals surface area contributed by atoms with Crippen molar-refractivity contribution in [3.8, 4) is 0 Å². The van der Waals surface area contributed by atoms with Gasteiger partial charge in [-0.15, -0.1) is 0 Å². The lowest BCUT2D eigenvalue weighted by Crippen LogP contribution is -3.19. The molecule has 2 fully saturated rings. The molecule has 0 atom stereocenters. The van der Waals surface area contributed by atoms with E-state index < -0.39 is 16.5 Å². The van der Waals surface area contributed by atoms with Crippen LogP contribution in [0.5, 0.6) is 0 Å². The van der Waals surface area contributed by atoms with Crippen molar-refractivity contribution in [2.24, 2.45) is 0 Å². The van der Waals surface area contributed by atoms with Crippen molar-refractivity contribution in [1.82, 2.24) is 0 Å². The summed E-state index contributed by atoms with van der Waals surface area (Å²) in [6.07, 6.45) is 1.28. The standard InChI is InChI=1S/C13H20BNO4S/c16-20(17,13-5-2-1-3-6-13)12-4-7-14-15(8-10-18-14)9-11-19-14/h1-3,5-6,15H,4,7-12H2. The van der Waals surface area contributed by atoms with E-state index in [9.17, 15) is 8.42 Å². The molecule has 2 aliphatic rings. The number of quaternary nitrogens is 1. The van der Waals surface area contributed by atoms with E-state index in [2.05, 4.69) is 0 Å². The molecule has 0 aliphatic carbocycles. The summed E-state index contributed by atoms with van der Waals surface area (Å²) in [5, 5.41) is 0. The van der Waals surface area contributed by atoms with Crippen LogP contribution < -0.4 is 4.81 Å². The van der Waals surface area contributed by atoms with E-state index in [1.807, 2.05) is 6.07 Å². The van der Waals surface area contributed by atoms with Crippen LogP contribution in [0.1, 0.15) is 6.42 Å².